The molecule has 0 saturated heterocycles. The minimum Gasteiger partial charge on any atom is -0.456 e. The molecule has 0 aliphatic heterocycles. The normalized spacial score (nSPS) is 20.1. The van der Waals surface area contributed by atoms with Crippen LogP contribution in [0.5, 0.6) is 0 Å². The molecular formula is C42H51O19P3. The van der Waals surface area contributed by atoms with E-state index in [0.29, 0.717) is 12.8 Å². The van der Waals surface area contributed by atoms with Crippen LogP contribution in [0.25, 0.3) is 0 Å². The van der Waals surface area contributed by atoms with E-state index in [1.54, 1.807) is 0 Å². The summed E-state index contributed by atoms with van der Waals surface area (Å²) in [6.07, 6.45) is 1.80. The lowest BCUT2D eigenvalue weighted by Crippen LogP contribution is -2.65. The van der Waals surface area contributed by atoms with E-state index in [1.165, 1.54) is 44.9 Å². The van der Waals surface area contributed by atoms with Crippen LogP contribution >= 0.6 is 23.5 Å². The molecule has 0 aromatic rings. The van der Waals surface area contributed by atoms with Gasteiger partial charge in [-0.3, -0.25) is 22.9 Å². The van der Waals surface area contributed by atoms with Crippen LogP contribution in [0.15, 0.2) is 0 Å². The van der Waals surface area contributed by atoms with Gasteiger partial charge in [0, 0.05) is 12.3 Å². The van der Waals surface area contributed by atoms with Crippen molar-refractivity contribution in [1.29, 1.82) is 0 Å². The highest BCUT2D eigenvalue weighted by atomic mass is 31.2. The fourth-order valence-corrected chi connectivity index (χ4v) is 7.63. The van der Waals surface area contributed by atoms with E-state index in [4.69, 9.17) is 24.9 Å². The molecule has 0 aromatic carbocycles. The van der Waals surface area contributed by atoms with E-state index in [1.807, 2.05) is 5.92 Å². The zero-order valence-corrected chi connectivity index (χ0v) is 37.5. The number of hydrogen-bond acceptors (Lipinski definition) is 14. The predicted molar refractivity (Wildman–Crippen MR) is 227 cm³/mol. The minimum atomic E-state index is -5.64. The molecule has 8 N–H and O–H groups in total. The van der Waals surface area contributed by atoms with Gasteiger partial charge in [-0.25, -0.2) is 18.5 Å². The fourth-order valence-electron chi connectivity index (χ4n) is 5.53. The maximum atomic E-state index is 13.0. The van der Waals surface area contributed by atoms with E-state index in [2.05, 4.69) is 98.9 Å². The molecular weight excluding hydrogens is 901 g/mol. The molecule has 22 heteroatoms. The SMILES string of the molecule is C#CC#CC#CC#CC#CC#CC#CC#CC(=O)OC[C@H](COP(=O)(O)OC1C(O)[C@H](O)[C@H](OP(=O)(O)O)C(OP(=O)(O)O)[C@@H]1O)OC(=O)CCCCCCCCCCCCCCC. The molecule has 1 saturated carbocycles. The number of phosphoric acid groups is 3. The van der Waals surface area contributed by atoms with Crippen LogP contribution in [0, 0.1) is 95.2 Å². The summed E-state index contributed by atoms with van der Waals surface area (Å²) in [7, 11) is -16.8. The molecule has 4 unspecified atom stereocenters. The quantitative estimate of drug-likeness (QED) is 0.0203. The third-order valence-electron chi connectivity index (χ3n) is 8.39. The van der Waals surface area contributed by atoms with Crippen LogP contribution in [-0.2, 0) is 50.9 Å². The lowest BCUT2D eigenvalue weighted by molar-refractivity contribution is -0.213. The van der Waals surface area contributed by atoms with Gasteiger partial charge in [-0.05, 0) is 89.3 Å². The van der Waals surface area contributed by atoms with Gasteiger partial charge < -0.3 is 49.3 Å². The lowest BCUT2D eigenvalue weighted by atomic mass is 9.85. The summed E-state index contributed by atoms with van der Waals surface area (Å²) in [6, 6.07) is 0. The van der Waals surface area contributed by atoms with Crippen LogP contribution in [-0.4, -0.2) is 108 Å². The highest BCUT2D eigenvalue weighted by molar-refractivity contribution is 7.47. The number of phosphoric ester groups is 3. The number of ether oxygens (including phenoxy) is 2. The van der Waals surface area contributed by atoms with E-state index in [-0.39, 0.29) is 6.42 Å². The van der Waals surface area contributed by atoms with E-state index in [0.717, 1.165) is 25.7 Å². The van der Waals surface area contributed by atoms with Gasteiger partial charge in [0.05, 0.1) is 6.61 Å². The van der Waals surface area contributed by atoms with Gasteiger partial charge in [-0.1, -0.05) is 84.0 Å². The van der Waals surface area contributed by atoms with Gasteiger partial charge in [0.1, 0.15) is 43.2 Å². The van der Waals surface area contributed by atoms with Gasteiger partial charge >= 0.3 is 35.4 Å². The minimum absolute atomic E-state index is 0.0868. The highest BCUT2D eigenvalue weighted by Crippen LogP contribution is 2.51. The van der Waals surface area contributed by atoms with Crippen LogP contribution in [0.2, 0.25) is 0 Å². The molecule has 0 aromatic heterocycles. The van der Waals surface area contributed by atoms with Crippen molar-refractivity contribution in [2.75, 3.05) is 13.2 Å². The average Bonchev–Trinajstić information content (AvgIpc) is 3.22. The Hall–Kier alpha value is -4.37. The summed E-state index contributed by atoms with van der Waals surface area (Å²) in [6.45, 7) is 0.344. The number of rotatable bonds is 26. The summed E-state index contributed by atoms with van der Waals surface area (Å²) < 4.78 is 64.5. The smallest absolute Gasteiger partial charge is 0.456 e. The first-order valence-corrected chi connectivity index (χ1v) is 24.4. The third kappa shape index (κ3) is 28.4. The van der Waals surface area contributed by atoms with Crippen molar-refractivity contribution < 1.29 is 90.6 Å². The second-order valence-electron chi connectivity index (χ2n) is 13.5. The molecule has 0 radical (unpaired) electrons. The number of carbonyl (C=O) groups is 2. The first kappa shape index (κ1) is 57.6. The first-order valence-electron chi connectivity index (χ1n) is 19.8. The fraction of sp³-hybridized carbons (Fsp3) is 0.571. The Kier molecular flexibility index (Phi) is 29.1. The Bertz CT molecular complexity index is 2160. The van der Waals surface area contributed by atoms with Crippen molar-refractivity contribution in [3.63, 3.8) is 0 Å². The Balaban J connectivity index is 2.97. The standard InChI is InChI=1S/C42H51O19P3/c1-3-5-7-9-11-13-15-17-19-20-22-24-26-28-30-35(43)56-32-34(58-36(44)31-29-27-25-23-21-18-16-14-12-10-8-6-4-2)33-57-64(54,55)61-40-37(45)38(46)41(59-62(48,49)50)42(39(40)47)60-63(51,52)53/h1,34,37-42,45-47H,4,6,8,10,12,14,16,18,21,23,25,27,29,31-33H2,2H3,(H,54,55)(H2,48,49,50)(H2,51,52,53)/t34-,37?,38+,39-,40?,41+,42?/m1/s1. The van der Waals surface area contributed by atoms with Crippen molar-refractivity contribution in [1.82, 2.24) is 0 Å². The topological polar surface area (TPSA) is 303 Å². The largest absolute Gasteiger partial charge is 0.472 e. The van der Waals surface area contributed by atoms with Crippen LogP contribution in [0.3, 0.4) is 0 Å². The Morgan fingerprint density at radius 2 is 0.953 bits per heavy atom. The van der Waals surface area contributed by atoms with Gasteiger partial charge in [0.25, 0.3) is 0 Å². The van der Waals surface area contributed by atoms with Crippen molar-refractivity contribution in [2.45, 2.75) is 140 Å². The summed E-state index contributed by atoms with van der Waals surface area (Å²) >= 11 is 0. The highest BCUT2D eigenvalue weighted by Gasteiger charge is 2.56. The maximum absolute atomic E-state index is 13.0. The Morgan fingerprint density at radius 1 is 0.547 bits per heavy atom. The van der Waals surface area contributed by atoms with Gasteiger partial charge in [-0.15, -0.1) is 6.42 Å². The zero-order valence-electron chi connectivity index (χ0n) is 34.8. The average molecular weight is 953 g/mol. The molecule has 1 aliphatic rings. The number of carbonyl (C=O) groups excluding carboxylic acids is 2. The molecule has 348 valence electrons. The molecule has 8 atom stereocenters. The van der Waals surface area contributed by atoms with Crippen molar-refractivity contribution >= 4 is 35.4 Å². The monoisotopic (exact) mass is 952 g/mol. The number of esters is 2. The van der Waals surface area contributed by atoms with Crippen molar-refractivity contribution in [3.05, 3.63) is 0 Å². The van der Waals surface area contributed by atoms with E-state index >= 15 is 0 Å². The molecule has 0 bridgehead atoms. The molecule has 1 rings (SSSR count). The summed E-state index contributed by atoms with van der Waals surface area (Å²) in [5, 5.41) is 31.7. The van der Waals surface area contributed by atoms with Crippen molar-refractivity contribution in [2.24, 2.45) is 0 Å². The predicted octanol–water partition coefficient (Wildman–Crippen LogP) is 2.13. The number of hydrogen-bond donors (Lipinski definition) is 8. The molecule has 64 heavy (non-hydrogen) atoms. The summed E-state index contributed by atoms with van der Waals surface area (Å²) in [5.41, 5.74) is 0. The zero-order chi connectivity index (χ0) is 47.9. The number of unbranched alkanes of at least 4 members (excludes halogenated alkanes) is 12. The molecule has 19 nitrogen and oxygen atoms in total. The summed E-state index contributed by atoms with van der Waals surface area (Å²) in [4.78, 5) is 72.5. The maximum Gasteiger partial charge on any atom is 0.472 e. The Morgan fingerprint density at radius 3 is 1.41 bits per heavy atom. The molecule has 0 amide bonds. The first-order chi connectivity index (χ1) is 30.3. The van der Waals surface area contributed by atoms with E-state index < -0.39 is 91.3 Å². The molecule has 0 spiro atoms. The van der Waals surface area contributed by atoms with Gasteiger partial charge in [0.2, 0.25) is 0 Å². The second kappa shape index (κ2) is 32.3. The second-order valence-corrected chi connectivity index (χ2v) is 17.3. The van der Waals surface area contributed by atoms with Gasteiger partial charge in [-0.2, -0.15) is 0 Å². The van der Waals surface area contributed by atoms with Crippen LogP contribution in [0.4, 0.5) is 0 Å². The molecule has 0 heterocycles. The van der Waals surface area contributed by atoms with Gasteiger partial charge in [0.15, 0.2) is 6.10 Å². The molecule has 1 aliphatic carbocycles. The third-order valence-corrected chi connectivity index (χ3v) is 10.4. The number of aliphatic hydroxyl groups excluding tert-OH is 3. The van der Waals surface area contributed by atoms with Crippen LogP contribution in [0.1, 0.15) is 96.8 Å². The van der Waals surface area contributed by atoms with Crippen molar-refractivity contribution in [3.8, 4) is 95.2 Å². The number of aliphatic hydroxyl groups is 3. The summed E-state index contributed by atoms with van der Waals surface area (Å²) in [5.74, 6) is 32.5. The Labute approximate surface area is 373 Å². The lowest BCUT2D eigenvalue weighted by Gasteiger charge is -2.44. The van der Waals surface area contributed by atoms with Crippen LogP contribution < -0.4 is 0 Å². The molecule has 1 fully saturated rings. The van der Waals surface area contributed by atoms with E-state index in [9.17, 15) is 63.1 Å². The number of terminal acetylenes is 1.